The molecule has 1 aromatic heterocycles. The van der Waals surface area contributed by atoms with Crippen LogP contribution in [-0.2, 0) is 4.74 Å². The monoisotopic (exact) mass is 583 g/mol. The van der Waals surface area contributed by atoms with E-state index in [1.165, 1.54) is 7.11 Å². The number of halogens is 1. The van der Waals surface area contributed by atoms with Crippen LogP contribution in [0.1, 0.15) is 64.6 Å². The van der Waals surface area contributed by atoms with Crippen LogP contribution >= 0.6 is 11.6 Å². The average Bonchev–Trinajstić information content (AvgIpc) is 2.92. The fraction of sp³-hybridized carbons (Fsp3) is 0.548. The summed E-state index contributed by atoms with van der Waals surface area (Å²) in [6.07, 6.45) is 2.56. The van der Waals surface area contributed by atoms with Crippen LogP contribution in [0.3, 0.4) is 0 Å². The van der Waals surface area contributed by atoms with E-state index in [-0.39, 0.29) is 18.1 Å². The zero-order valence-electron chi connectivity index (χ0n) is 25.0. The molecule has 41 heavy (non-hydrogen) atoms. The lowest BCUT2D eigenvalue weighted by Gasteiger charge is -2.54. The lowest BCUT2D eigenvalue weighted by molar-refractivity contribution is 0.0621. The number of anilines is 1. The first-order chi connectivity index (χ1) is 19.5. The Kier molecular flexibility index (Phi) is 9.59. The van der Waals surface area contributed by atoms with Gasteiger partial charge in [-0.1, -0.05) is 30.5 Å². The molecule has 0 unspecified atom stereocenters. The smallest absolute Gasteiger partial charge is 0.409 e. The third-order valence-corrected chi connectivity index (χ3v) is 8.41. The summed E-state index contributed by atoms with van der Waals surface area (Å²) in [6, 6.07) is 5.36. The first kappa shape index (κ1) is 30.8. The van der Waals surface area contributed by atoms with Gasteiger partial charge in [0.05, 0.1) is 23.9 Å². The molecule has 0 saturated carbocycles. The summed E-state index contributed by atoms with van der Waals surface area (Å²) < 4.78 is 10.8. The number of methoxy groups -OCH3 is 1. The molecule has 2 saturated heterocycles. The van der Waals surface area contributed by atoms with E-state index in [0.717, 1.165) is 60.6 Å². The van der Waals surface area contributed by atoms with Gasteiger partial charge in [0.15, 0.2) is 5.82 Å². The van der Waals surface area contributed by atoms with E-state index in [4.69, 9.17) is 36.5 Å². The normalized spacial score (nSPS) is 16.7. The Bertz CT molecular complexity index is 1320. The quantitative estimate of drug-likeness (QED) is 0.341. The Morgan fingerprint density at radius 2 is 1.88 bits per heavy atom. The molecule has 2 fully saturated rings. The molecule has 2 aliphatic heterocycles. The maximum absolute atomic E-state index is 12.0. The molecule has 3 heterocycles. The molecule has 0 bridgehead atoms. The molecule has 0 radical (unpaired) electrons. The topological polar surface area (TPSA) is 112 Å². The number of rotatable bonds is 9. The van der Waals surface area contributed by atoms with E-state index in [9.17, 15) is 9.90 Å². The van der Waals surface area contributed by atoms with Crippen molar-refractivity contribution in [3.63, 3.8) is 0 Å². The van der Waals surface area contributed by atoms with Crippen LogP contribution in [0.15, 0.2) is 23.8 Å². The van der Waals surface area contributed by atoms with Crippen molar-refractivity contribution in [3.05, 3.63) is 40.1 Å². The average molecular weight is 584 g/mol. The standard InChI is InChI=1S/C31H42ClN5O4/c1-7-8-22(38)16-41-23-9-10-25(32)24(15-23)28-34-27(26(19(2)3)21(5)33)20(4)29(35-28)37-17-31(18-37)11-13-36(14-12-31)30(39)40-6/h9-10,15,22,33,38H,7-8,11-14,16-18H2,1-6H3/t22-/m0/s1. The molecule has 9 nitrogen and oxygen atoms in total. The number of allylic oxidation sites excluding steroid dienone is 2. The van der Waals surface area contributed by atoms with Crippen molar-refractivity contribution in [3.8, 4) is 17.1 Å². The fourth-order valence-electron chi connectivity index (χ4n) is 5.86. The number of nitrogens with zero attached hydrogens (tertiary/aromatic N) is 4. The molecule has 2 N–H and O–H groups in total. The minimum Gasteiger partial charge on any atom is -0.491 e. The minimum absolute atomic E-state index is 0.129. The van der Waals surface area contributed by atoms with Crippen molar-refractivity contribution in [2.45, 2.75) is 66.4 Å². The number of benzene rings is 1. The van der Waals surface area contributed by atoms with Crippen molar-refractivity contribution >= 4 is 34.8 Å². The molecule has 1 spiro atoms. The van der Waals surface area contributed by atoms with Gasteiger partial charge in [-0.05, 0) is 65.2 Å². The van der Waals surface area contributed by atoms with Crippen LogP contribution in [0, 0.1) is 17.7 Å². The summed E-state index contributed by atoms with van der Waals surface area (Å²) in [4.78, 5) is 26.0. The largest absolute Gasteiger partial charge is 0.491 e. The highest BCUT2D eigenvalue weighted by Crippen LogP contribution is 2.44. The number of amides is 1. The second-order valence-electron chi connectivity index (χ2n) is 11.6. The second kappa shape index (κ2) is 12.8. The molecule has 1 aromatic carbocycles. The number of aromatic nitrogens is 2. The maximum atomic E-state index is 12.0. The molecule has 2 aliphatic rings. The van der Waals surface area contributed by atoms with Gasteiger partial charge < -0.3 is 29.8 Å². The van der Waals surface area contributed by atoms with Gasteiger partial charge in [0, 0.05) is 54.0 Å². The number of carbonyl (C=O) groups is 1. The van der Waals surface area contributed by atoms with Crippen LogP contribution in [-0.4, -0.2) is 77.8 Å². The van der Waals surface area contributed by atoms with E-state index >= 15 is 0 Å². The van der Waals surface area contributed by atoms with E-state index in [1.54, 1.807) is 24.0 Å². The van der Waals surface area contributed by atoms with E-state index in [0.29, 0.717) is 47.4 Å². The van der Waals surface area contributed by atoms with Crippen LogP contribution in [0.2, 0.25) is 5.02 Å². The van der Waals surface area contributed by atoms with Crippen molar-refractivity contribution in [1.29, 1.82) is 5.41 Å². The summed E-state index contributed by atoms with van der Waals surface area (Å²) >= 11 is 6.69. The number of ether oxygens (including phenoxy) is 2. The molecule has 1 amide bonds. The van der Waals surface area contributed by atoms with Crippen LogP contribution < -0.4 is 9.64 Å². The summed E-state index contributed by atoms with van der Waals surface area (Å²) in [5.74, 6) is 1.87. The number of aliphatic hydroxyl groups excluding tert-OH is 1. The molecular formula is C31H42ClN5O4. The van der Waals surface area contributed by atoms with Gasteiger partial charge in [0.1, 0.15) is 18.2 Å². The number of hydrogen-bond acceptors (Lipinski definition) is 8. The zero-order valence-corrected chi connectivity index (χ0v) is 25.8. The summed E-state index contributed by atoms with van der Waals surface area (Å²) in [7, 11) is 1.42. The van der Waals surface area contributed by atoms with E-state index in [1.807, 2.05) is 33.8 Å². The van der Waals surface area contributed by atoms with Crippen molar-refractivity contribution in [2.75, 3.05) is 44.8 Å². The third-order valence-electron chi connectivity index (χ3n) is 8.08. The highest BCUT2D eigenvalue weighted by molar-refractivity contribution is 6.33. The number of likely N-dealkylation sites (tertiary alicyclic amines) is 1. The Balaban J connectivity index is 1.69. The molecule has 4 rings (SSSR count). The van der Waals surface area contributed by atoms with Gasteiger partial charge in [0.2, 0.25) is 0 Å². The first-order valence-corrected chi connectivity index (χ1v) is 14.7. The predicted molar refractivity (Wildman–Crippen MR) is 163 cm³/mol. The molecule has 0 aliphatic carbocycles. The van der Waals surface area contributed by atoms with Gasteiger partial charge >= 0.3 is 6.09 Å². The van der Waals surface area contributed by atoms with E-state index in [2.05, 4.69) is 4.90 Å². The van der Waals surface area contributed by atoms with Crippen molar-refractivity contribution in [1.82, 2.24) is 14.9 Å². The van der Waals surface area contributed by atoms with Crippen molar-refractivity contribution < 1.29 is 19.4 Å². The van der Waals surface area contributed by atoms with Gasteiger partial charge in [-0.15, -0.1) is 0 Å². The molecule has 222 valence electrons. The minimum atomic E-state index is -0.540. The third kappa shape index (κ3) is 6.67. The lowest BCUT2D eigenvalue weighted by atomic mass is 9.72. The van der Waals surface area contributed by atoms with Crippen LogP contribution in [0.5, 0.6) is 5.75 Å². The van der Waals surface area contributed by atoms with Crippen LogP contribution in [0.25, 0.3) is 17.0 Å². The first-order valence-electron chi connectivity index (χ1n) is 14.3. The Labute approximate surface area is 248 Å². The zero-order chi connectivity index (χ0) is 29.9. The maximum Gasteiger partial charge on any atom is 0.409 e. The number of piperidine rings is 1. The summed E-state index contributed by atoms with van der Waals surface area (Å²) in [5, 5.41) is 19.1. The SMILES string of the molecule is CCC[C@H](O)COc1ccc(Cl)c(-c2nc(C(C(C)=N)=C(C)C)c(C)c(N3CC4(CCN(C(=O)OC)CC4)C3)n2)c1. The highest BCUT2D eigenvalue weighted by Gasteiger charge is 2.46. The van der Waals surface area contributed by atoms with Crippen molar-refractivity contribution in [2.24, 2.45) is 5.41 Å². The number of hydrogen-bond donors (Lipinski definition) is 2. The molecule has 10 heteroatoms. The van der Waals surface area contributed by atoms with Gasteiger partial charge in [-0.2, -0.15) is 0 Å². The Morgan fingerprint density at radius 3 is 2.46 bits per heavy atom. The van der Waals surface area contributed by atoms with Gasteiger partial charge in [0.25, 0.3) is 0 Å². The number of carbonyl (C=O) groups excluding carboxylic acids is 1. The van der Waals surface area contributed by atoms with Gasteiger partial charge in [-0.3, -0.25) is 0 Å². The van der Waals surface area contributed by atoms with Gasteiger partial charge in [-0.25, -0.2) is 14.8 Å². The molecular weight excluding hydrogens is 542 g/mol. The predicted octanol–water partition coefficient (Wildman–Crippen LogP) is 6.15. The van der Waals surface area contributed by atoms with E-state index < -0.39 is 6.10 Å². The summed E-state index contributed by atoms with van der Waals surface area (Å²) in [6.45, 7) is 13.0. The Hall–Kier alpha value is -3.17. The lowest BCUT2D eigenvalue weighted by Crippen LogP contribution is -2.61. The molecule has 1 atom stereocenters. The van der Waals surface area contributed by atoms with Crippen LogP contribution in [0.4, 0.5) is 10.6 Å². The highest BCUT2D eigenvalue weighted by atomic mass is 35.5. The Morgan fingerprint density at radius 1 is 1.20 bits per heavy atom. The second-order valence-corrected chi connectivity index (χ2v) is 12.0. The number of aliphatic hydroxyl groups is 1. The number of nitrogens with one attached hydrogen (secondary N) is 1. The fourth-order valence-corrected chi connectivity index (χ4v) is 6.06. The molecule has 2 aromatic rings. The summed E-state index contributed by atoms with van der Waals surface area (Å²) in [5.41, 5.74) is 4.63.